The number of hydrogen-bond acceptors (Lipinski definition) is 4. The summed E-state index contributed by atoms with van der Waals surface area (Å²) < 4.78 is 5.52. The number of carboxylic acid groups (broad SMARTS) is 1. The fraction of sp³-hybridized carbons (Fsp3) is 0.423. The molecule has 4 aliphatic rings. The minimum Gasteiger partial charge on any atom is -0.479 e. The molecule has 2 aliphatic heterocycles. The van der Waals surface area contributed by atoms with E-state index in [1.807, 2.05) is 24.3 Å². The van der Waals surface area contributed by atoms with E-state index in [4.69, 9.17) is 4.74 Å². The summed E-state index contributed by atoms with van der Waals surface area (Å²) in [7, 11) is 0. The molecule has 33 heavy (non-hydrogen) atoms. The van der Waals surface area contributed by atoms with Crippen molar-refractivity contribution in [2.75, 3.05) is 19.7 Å². The Bertz CT molecular complexity index is 1050. The molecule has 2 aromatic rings. The highest BCUT2D eigenvalue weighted by atomic mass is 16.5. The molecule has 2 heterocycles. The highest BCUT2D eigenvalue weighted by Crippen LogP contribution is 2.51. The van der Waals surface area contributed by atoms with Crippen LogP contribution in [0, 0.1) is 5.92 Å². The first-order valence-electron chi connectivity index (χ1n) is 11.6. The molecule has 2 amide bonds. The molecule has 1 saturated carbocycles. The van der Waals surface area contributed by atoms with Crippen LogP contribution in [-0.2, 0) is 14.3 Å². The number of amides is 2. The van der Waals surface area contributed by atoms with E-state index < -0.39 is 17.6 Å². The molecule has 2 bridgehead atoms. The Morgan fingerprint density at radius 3 is 2.27 bits per heavy atom. The van der Waals surface area contributed by atoms with Crippen molar-refractivity contribution in [1.82, 2.24) is 10.2 Å². The zero-order chi connectivity index (χ0) is 23.0. The van der Waals surface area contributed by atoms with E-state index >= 15 is 0 Å². The van der Waals surface area contributed by atoms with E-state index in [-0.39, 0.29) is 18.4 Å². The lowest BCUT2D eigenvalue weighted by Crippen LogP contribution is -2.54. The van der Waals surface area contributed by atoms with Crippen molar-refractivity contribution < 1.29 is 24.2 Å². The summed E-state index contributed by atoms with van der Waals surface area (Å²) in [5.41, 5.74) is 3.76. The van der Waals surface area contributed by atoms with Crippen LogP contribution in [-0.4, -0.2) is 53.2 Å². The van der Waals surface area contributed by atoms with Crippen LogP contribution in [0.1, 0.15) is 49.1 Å². The molecule has 2 saturated heterocycles. The van der Waals surface area contributed by atoms with Crippen molar-refractivity contribution in [3.05, 3.63) is 59.7 Å². The van der Waals surface area contributed by atoms with E-state index in [0.717, 1.165) is 0 Å². The standard InChI is InChI=1S/C26H28N2O5/c29-23(28-15-17-13-26(28,14-17)24(30)31)11-5-6-12-27-25(32)33-16-22-20-9-3-1-7-18(20)19-8-2-4-10-21(19)22/h1-4,7-10,17,22H,5-6,11-16H2,(H,27,32)(H,30,31). The quantitative estimate of drug-likeness (QED) is 0.600. The van der Waals surface area contributed by atoms with Gasteiger partial charge in [0.2, 0.25) is 5.91 Å². The number of nitrogens with zero attached hydrogens (tertiary/aromatic N) is 1. The third kappa shape index (κ3) is 3.75. The topological polar surface area (TPSA) is 95.9 Å². The molecular weight excluding hydrogens is 420 g/mol. The third-order valence-electron chi connectivity index (χ3n) is 7.34. The van der Waals surface area contributed by atoms with Gasteiger partial charge >= 0.3 is 12.1 Å². The molecule has 7 nitrogen and oxygen atoms in total. The Hall–Kier alpha value is -3.35. The molecule has 0 atom stereocenters. The summed E-state index contributed by atoms with van der Waals surface area (Å²) in [5.74, 6) is -0.630. The van der Waals surface area contributed by atoms with Crippen LogP contribution in [0.15, 0.2) is 48.5 Å². The van der Waals surface area contributed by atoms with Gasteiger partial charge in [0.15, 0.2) is 0 Å². The summed E-state index contributed by atoms with van der Waals surface area (Å²) >= 11 is 0. The van der Waals surface area contributed by atoms with E-state index in [0.29, 0.717) is 51.1 Å². The fourth-order valence-corrected chi connectivity index (χ4v) is 5.68. The Kier molecular flexibility index (Phi) is 5.56. The van der Waals surface area contributed by atoms with E-state index in [2.05, 4.69) is 29.6 Å². The van der Waals surface area contributed by atoms with Crippen LogP contribution in [0.4, 0.5) is 4.79 Å². The number of fused-ring (bicyclic) bond motifs is 4. The number of rotatable bonds is 8. The van der Waals surface area contributed by atoms with Crippen LogP contribution < -0.4 is 5.32 Å². The van der Waals surface area contributed by atoms with E-state index in [9.17, 15) is 19.5 Å². The van der Waals surface area contributed by atoms with Gasteiger partial charge in [-0.3, -0.25) is 4.79 Å². The van der Waals surface area contributed by atoms with Gasteiger partial charge in [0.25, 0.3) is 0 Å². The van der Waals surface area contributed by atoms with Crippen LogP contribution in [0.25, 0.3) is 11.1 Å². The lowest BCUT2D eigenvalue weighted by Gasteiger charge is -2.37. The van der Waals surface area contributed by atoms with Crippen molar-refractivity contribution >= 4 is 18.0 Å². The van der Waals surface area contributed by atoms with Gasteiger partial charge in [-0.15, -0.1) is 0 Å². The van der Waals surface area contributed by atoms with E-state index in [1.165, 1.54) is 22.3 Å². The van der Waals surface area contributed by atoms with Gasteiger partial charge in [0.1, 0.15) is 12.1 Å². The van der Waals surface area contributed by atoms with Gasteiger partial charge in [-0.1, -0.05) is 48.5 Å². The number of carbonyl (C=O) groups is 3. The van der Waals surface area contributed by atoms with Crippen molar-refractivity contribution in [1.29, 1.82) is 0 Å². The largest absolute Gasteiger partial charge is 0.479 e. The normalized spacial score (nSPS) is 22.3. The molecule has 2 aliphatic carbocycles. The van der Waals surface area contributed by atoms with Crippen LogP contribution >= 0.6 is 0 Å². The number of benzene rings is 2. The van der Waals surface area contributed by atoms with Gasteiger partial charge in [0, 0.05) is 25.4 Å². The average Bonchev–Trinajstić information content (AvgIpc) is 3.46. The number of ether oxygens (including phenoxy) is 1. The maximum Gasteiger partial charge on any atom is 0.407 e. The minimum absolute atomic E-state index is 0.0223. The first kappa shape index (κ1) is 21.5. The molecule has 0 spiro atoms. The van der Waals surface area contributed by atoms with Crippen LogP contribution in [0.3, 0.4) is 0 Å². The number of alkyl carbamates (subject to hydrolysis) is 1. The van der Waals surface area contributed by atoms with Crippen molar-refractivity contribution in [3.63, 3.8) is 0 Å². The van der Waals surface area contributed by atoms with Gasteiger partial charge in [0.05, 0.1) is 0 Å². The first-order chi connectivity index (χ1) is 16.0. The molecule has 6 rings (SSSR count). The predicted molar refractivity (Wildman–Crippen MR) is 122 cm³/mol. The molecule has 2 N–H and O–H groups in total. The predicted octanol–water partition coefficient (Wildman–Crippen LogP) is 3.77. The maximum absolute atomic E-state index is 12.5. The Morgan fingerprint density at radius 1 is 1.00 bits per heavy atom. The van der Waals surface area contributed by atoms with Crippen molar-refractivity contribution in [2.45, 2.75) is 43.6 Å². The lowest BCUT2D eigenvalue weighted by molar-refractivity contribution is -0.158. The van der Waals surface area contributed by atoms with Gasteiger partial charge < -0.3 is 20.1 Å². The van der Waals surface area contributed by atoms with E-state index in [1.54, 1.807) is 4.90 Å². The number of carbonyl (C=O) groups excluding carboxylic acids is 2. The van der Waals surface area contributed by atoms with Gasteiger partial charge in [-0.05, 0) is 53.9 Å². The summed E-state index contributed by atoms with van der Waals surface area (Å²) in [6.07, 6.45) is 2.23. The SMILES string of the molecule is O=C(NCCCCC(=O)N1CC2CC1(C(=O)O)C2)OCC1c2ccccc2-c2ccccc21. The Balaban J connectivity index is 1.05. The van der Waals surface area contributed by atoms with Crippen molar-refractivity contribution in [3.8, 4) is 11.1 Å². The fourth-order valence-electron chi connectivity index (χ4n) is 5.68. The summed E-state index contributed by atoms with van der Waals surface area (Å²) in [5, 5.41) is 12.2. The summed E-state index contributed by atoms with van der Waals surface area (Å²) in [4.78, 5) is 37.8. The molecule has 0 radical (unpaired) electrons. The van der Waals surface area contributed by atoms with Gasteiger partial charge in [-0.2, -0.15) is 0 Å². The highest BCUT2D eigenvalue weighted by Gasteiger charge is 2.62. The second kappa shape index (κ2) is 8.54. The molecule has 0 aromatic heterocycles. The zero-order valence-electron chi connectivity index (χ0n) is 18.5. The monoisotopic (exact) mass is 448 g/mol. The number of unbranched alkanes of at least 4 members (excludes halogenated alkanes) is 1. The van der Waals surface area contributed by atoms with Crippen LogP contribution in [0.2, 0.25) is 0 Å². The number of hydrogen-bond donors (Lipinski definition) is 2. The molecular formula is C26H28N2O5. The second-order valence-electron chi connectivity index (χ2n) is 9.32. The summed E-state index contributed by atoms with van der Waals surface area (Å²) in [6, 6.07) is 16.4. The molecule has 0 unspecified atom stereocenters. The van der Waals surface area contributed by atoms with Gasteiger partial charge in [-0.25, -0.2) is 9.59 Å². The Labute approximate surface area is 192 Å². The Morgan fingerprint density at radius 2 is 1.64 bits per heavy atom. The lowest BCUT2D eigenvalue weighted by atomic mass is 9.73. The maximum atomic E-state index is 12.5. The van der Waals surface area contributed by atoms with Crippen LogP contribution in [0.5, 0.6) is 0 Å². The zero-order valence-corrected chi connectivity index (χ0v) is 18.5. The van der Waals surface area contributed by atoms with Crippen molar-refractivity contribution in [2.24, 2.45) is 5.92 Å². The number of nitrogens with one attached hydrogen (secondary N) is 1. The third-order valence-corrected chi connectivity index (χ3v) is 7.34. The first-order valence-corrected chi connectivity index (χ1v) is 11.6. The number of carboxylic acids is 1. The second-order valence-corrected chi connectivity index (χ2v) is 9.32. The smallest absolute Gasteiger partial charge is 0.407 e. The molecule has 3 fully saturated rings. The molecule has 7 heteroatoms. The minimum atomic E-state index is -0.957. The molecule has 2 aromatic carbocycles. The highest BCUT2D eigenvalue weighted by molar-refractivity contribution is 5.89. The summed E-state index contributed by atoms with van der Waals surface area (Å²) in [6.45, 7) is 1.24. The number of aliphatic carboxylic acids is 1. The average molecular weight is 449 g/mol. The molecule has 172 valence electrons.